The number of fused-ring (bicyclic) bond motifs is 1. The molecular formula is C11H12FNO2S. The molecular weight excluding hydrogens is 229 g/mol. The summed E-state index contributed by atoms with van der Waals surface area (Å²) in [4.78, 5) is 4.03. The van der Waals surface area contributed by atoms with Crippen LogP contribution in [0.2, 0.25) is 0 Å². The maximum atomic E-state index is 12.9. The fourth-order valence-corrected chi connectivity index (χ4v) is 2.27. The van der Waals surface area contributed by atoms with E-state index in [9.17, 15) is 12.3 Å². The Bertz CT molecular complexity index is 588. The van der Waals surface area contributed by atoms with Crippen molar-refractivity contribution in [3.63, 3.8) is 0 Å². The molecule has 86 valence electrons. The van der Waals surface area contributed by atoms with Crippen LogP contribution in [0, 0.1) is 0 Å². The van der Waals surface area contributed by atoms with Gasteiger partial charge in [-0.25, -0.2) is 0 Å². The van der Waals surface area contributed by atoms with Crippen LogP contribution < -0.4 is 0 Å². The number of hydrogen-bond acceptors (Lipinski definition) is 3. The summed E-state index contributed by atoms with van der Waals surface area (Å²) in [5.74, 6) is 0. The van der Waals surface area contributed by atoms with Gasteiger partial charge >= 0.3 is 10.2 Å². The van der Waals surface area contributed by atoms with Crippen LogP contribution in [0.4, 0.5) is 9.57 Å². The molecule has 1 aliphatic rings. The van der Waals surface area contributed by atoms with Crippen LogP contribution in [0.25, 0.3) is 0 Å². The van der Waals surface area contributed by atoms with Crippen LogP contribution in [0.5, 0.6) is 0 Å². The summed E-state index contributed by atoms with van der Waals surface area (Å²) < 4.78 is 34.5. The van der Waals surface area contributed by atoms with E-state index < -0.39 is 10.2 Å². The van der Waals surface area contributed by atoms with E-state index >= 15 is 0 Å². The Labute approximate surface area is 94.2 Å². The lowest BCUT2D eigenvalue weighted by Gasteiger charge is -2.19. The molecule has 0 aliphatic carbocycles. The number of halogens is 1. The first-order valence-corrected chi connectivity index (χ1v) is 6.26. The minimum absolute atomic E-state index is 0.302. The molecule has 0 amide bonds. The maximum Gasteiger partial charge on any atom is 0.332 e. The summed E-state index contributed by atoms with van der Waals surface area (Å²) in [6.07, 6.45) is 0. The quantitative estimate of drug-likeness (QED) is 0.710. The predicted molar refractivity (Wildman–Crippen MR) is 60.5 cm³/mol. The number of benzene rings is 1. The van der Waals surface area contributed by atoms with Gasteiger partial charge in [-0.15, -0.1) is 3.89 Å². The molecule has 16 heavy (non-hydrogen) atoms. The van der Waals surface area contributed by atoms with Crippen LogP contribution >= 0.6 is 0 Å². The first kappa shape index (κ1) is 11.3. The van der Waals surface area contributed by atoms with E-state index in [4.69, 9.17) is 0 Å². The molecule has 0 atom stereocenters. The SMILES string of the molecule is CC1=Nc2ccc(S(=O)(=O)F)cc2C1(C)C. The van der Waals surface area contributed by atoms with Gasteiger partial charge in [-0.05, 0) is 30.7 Å². The Morgan fingerprint density at radius 3 is 2.50 bits per heavy atom. The van der Waals surface area contributed by atoms with Crippen molar-refractivity contribution in [1.82, 2.24) is 0 Å². The number of hydrogen-bond donors (Lipinski definition) is 0. The third-order valence-electron chi connectivity index (χ3n) is 3.12. The standard InChI is InChI=1S/C11H12FNO2S/c1-7-11(2,3)9-6-8(16(12,14)15)4-5-10(9)13-7/h4-6H,1-3H3. The smallest absolute Gasteiger partial charge is 0.257 e. The number of aliphatic imine (C=N–C) groups is 1. The first-order valence-electron chi connectivity index (χ1n) is 4.88. The van der Waals surface area contributed by atoms with Gasteiger partial charge in [0.25, 0.3) is 0 Å². The zero-order valence-electron chi connectivity index (χ0n) is 9.28. The summed E-state index contributed by atoms with van der Waals surface area (Å²) in [5, 5.41) is 0. The van der Waals surface area contributed by atoms with Gasteiger partial charge in [-0.1, -0.05) is 13.8 Å². The molecule has 1 heterocycles. The molecule has 0 N–H and O–H groups in total. The summed E-state index contributed by atoms with van der Waals surface area (Å²) >= 11 is 0. The van der Waals surface area contributed by atoms with Crippen molar-refractivity contribution in [3.8, 4) is 0 Å². The molecule has 0 unspecified atom stereocenters. The second-order valence-corrected chi connectivity index (χ2v) is 5.79. The summed E-state index contributed by atoms with van der Waals surface area (Å²) in [5.41, 5.74) is 2.03. The third kappa shape index (κ3) is 1.55. The largest absolute Gasteiger partial charge is 0.332 e. The Balaban J connectivity index is 2.66. The van der Waals surface area contributed by atoms with Crippen LogP contribution in [-0.4, -0.2) is 14.1 Å². The average molecular weight is 241 g/mol. The topological polar surface area (TPSA) is 46.5 Å². The minimum atomic E-state index is -4.64. The normalized spacial score (nSPS) is 18.1. The van der Waals surface area contributed by atoms with Crippen molar-refractivity contribution >= 4 is 21.6 Å². The summed E-state index contributed by atoms with van der Waals surface area (Å²) in [7, 11) is -4.64. The molecule has 3 nitrogen and oxygen atoms in total. The van der Waals surface area contributed by atoms with Crippen molar-refractivity contribution in [2.24, 2.45) is 4.99 Å². The monoisotopic (exact) mass is 241 g/mol. The molecule has 0 aromatic heterocycles. The van der Waals surface area contributed by atoms with E-state index in [0.29, 0.717) is 0 Å². The second kappa shape index (κ2) is 3.13. The molecule has 5 heteroatoms. The van der Waals surface area contributed by atoms with E-state index in [2.05, 4.69) is 4.99 Å². The Hall–Kier alpha value is -1.23. The Kier molecular flexibility index (Phi) is 2.21. The second-order valence-electron chi connectivity index (χ2n) is 4.44. The van der Waals surface area contributed by atoms with E-state index in [1.165, 1.54) is 12.1 Å². The van der Waals surface area contributed by atoms with Gasteiger partial charge in [0.15, 0.2) is 0 Å². The molecule has 1 aromatic rings. The van der Waals surface area contributed by atoms with Gasteiger partial charge in [0.2, 0.25) is 0 Å². The molecule has 0 saturated heterocycles. The number of nitrogens with zero attached hydrogens (tertiary/aromatic N) is 1. The maximum absolute atomic E-state index is 12.9. The Morgan fingerprint density at radius 2 is 1.94 bits per heavy atom. The lowest BCUT2D eigenvalue weighted by atomic mass is 9.82. The molecule has 0 bridgehead atoms. The van der Waals surface area contributed by atoms with E-state index in [1.54, 1.807) is 6.07 Å². The van der Waals surface area contributed by atoms with Gasteiger partial charge in [-0.3, -0.25) is 4.99 Å². The van der Waals surface area contributed by atoms with Crippen LogP contribution in [0.15, 0.2) is 28.1 Å². The highest BCUT2D eigenvalue weighted by Gasteiger charge is 2.33. The van der Waals surface area contributed by atoms with Crippen molar-refractivity contribution < 1.29 is 12.3 Å². The van der Waals surface area contributed by atoms with Crippen molar-refractivity contribution in [2.45, 2.75) is 31.1 Å². The molecule has 0 spiro atoms. The van der Waals surface area contributed by atoms with Crippen molar-refractivity contribution in [3.05, 3.63) is 23.8 Å². The molecule has 0 fully saturated rings. The summed E-state index contributed by atoms with van der Waals surface area (Å²) in [6.45, 7) is 5.75. The van der Waals surface area contributed by atoms with Crippen LogP contribution in [0.3, 0.4) is 0 Å². The van der Waals surface area contributed by atoms with Gasteiger partial charge in [-0.2, -0.15) is 8.42 Å². The average Bonchev–Trinajstić information content (AvgIpc) is 2.37. The highest BCUT2D eigenvalue weighted by atomic mass is 32.3. The molecule has 1 aliphatic heterocycles. The molecule has 0 radical (unpaired) electrons. The van der Waals surface area contributed by atoms with Crippen LogP contribution in [0.1, 0.15) is 26.3 Å². The fraction of sp³-hybridized carbons (Fsp3) is 0.364. The van der Waals surface area contributed by atoms with Crippen LogP contribution in [-0.2, 0) is 15.6 Å². The zero-order valence-corrected chi connectivity index (χ0v) is 10.1. The van der Waals surface area contributed by atoms with Crippen molar-refractivity contribution in [1.29, 1.82) is 0 Å². The lowest BCUT2D eigenvalue weighted by Crippen LogP contribution is -2.22. The van der Waals surface area contributed by atoms with Gasteiger partial charge in [0.1, 0.15) is 0 Å². The predicted octanol–water partition coefficient (Wildman–Crippen LogP) is 2.73. The number of rotatable bonds is 1. The zero-order chi connectivity index (χ0) is 12.1. The van der Waals surface area contributed by atoms with Gasteiger partial charge in [0, 0.05) is 11.1 Å². The highest BCUT2D eigenvalue weighted by Crippen LogP contribution is 2.40. The highest BCUT2D eigenvalue weighted by molar-refractivity contribution is 7.86. The fourth-order valence-electron chi connectivity index (χ4n) is 1.78. The molecule has 1 aromatic carbocycles. The molecule has 2 rings (SSSR count). The first-order chi connectivity index (χ1) is 7.23. The van der Waals surface area contributed by atoms with Gasteiger partial charge in [0.05, 0.1) is 10.6 Å². The van der Waals surface area contributed by atoms with E-state index in [-0.39, 0.29) is 10.3 Å². The molecule has 0 saturated carbocycles. The van der Waals surface area contributed by atoms with Gasteiger partial charge < -0.3 is 0 Å². The van der Waals surface area contributed by atoms with Crippen molar-refractivity contribution in [2.75, 3.05) is 0 Å². The van der Waals surface area contributed by atoms with E-state index in [0.717, 1.165) is 17.0 Å². The Morgan fingerprint density at radius 1 is 1.31 bits per heavy atom. The summed E-state index contributed by atoms with van der Waals surface area (Å²) in [6, 6.07) is 4.15. The third-order valence-corrected chi connectivity index (χ3v) is 3.93. The minimum Gasteiger partial charge on any atom is -0.257 e. The van der Waals surface area contributed by atoms with E-state index in [1.807, 2.05) is 20.8 Å². The lowest BCUT2D eigenvalue weighted by molar-refractivity contribution is 0.551.